The van der Waals surface area contributed by atoms with Crippen LogP contribution in [0.1, 0.15) is 12.8 Å². The molecule has 0 amide bonds. The summed E-state index contributed by atoms with van der Waals surface area (Å²) < 4.78 is 19.9. The van der Waals surface area contributed by atoms with Gasteiger partial charge in [0.25, 0.3) is 0 Å². The number of benzene rings is 1. The van der Waals surface area contributed by atoms with Crippen molar-refractivity contribution >= 4 is 38.5 Å². The predicted octanol–water partition coefficient (Wildman–Crippen LogP) is 3.65. The maximum absolute atomic E-state index is 13.7. The summed E-state index contributed by atoms with van der Waals surface area (Å²) in [5.74, 6) is 0.688. The van der Waals surface area contributed by atoms with Crippen LogP contribution >= 0.6 is 27.7 Å². The number of nitrogens with zero attached hydrogens (tertiary/aromatic N) is 1. The molecular formula is C13H14BrFN2OS. The predicted molar refractivity (Wildman–Crippen MR) is 80.4 cm³/mol. The van der Waals surface area contributed by atoms with E-state index in [2.05, 4.69) is 21.2 Å². The lowest BCUT2D eigenvalue weighted by Gasteiger charge is -2.29. The van der Waals surface area contributed by atoms with Gasteiger partial charge >= 0.3 is 0 Å². The molecule has 0 atom stereocenters. The normalized spacial score (nSPS) is 21.5. The van der Waals surface area contributed by atoms with Gasteiger partial charge in [-0.3, -0.25) is 4.99 Å². The van der Waals surface area contributed by atoms with E-state index in [0.29, 0.717) is 5.69 Å². The third-order valence-electron chi connectivity index (χ3n) is 3.41. The quantitative estimate of drug-likeness (QED) is 0.844. The zero-order valence-electron chi connectivity index (χ0n) is 10.3. The van der Waals surface area contributed by atoms with E-state index in [1.54, 1.807) is 23.9 Å². The Labute approximate surface area is 124 Å². The van der Waals surface area contributed by atoms with Gasteiger partial charge in [0.05, 0.1) is 11.2 Å². The van der Waals surface area contributed by atoms with E-state index in [9.17, 15) is 4.39 Å². The summed E-state index contributed by atoms with van der Waals surface area (Å²) in [5.41, 5.74) is 0.457. The number of halogens is 2. The summed E-state index contributed by atoms with van der Waals surface area (Å²) in [5, 5.41) is 3.89. The molecule has 19 heavy (non-hydrogen) atoms. The molecule has 1 fully saturated rings. The highest BCUT2D eigenvalue weighted by Gasteiger charge is 2.37. The number of nitrogens with one attached hydrogen (secondary N) is 1. The number of thioether (sulfide) groups is 1. The summed E-state index contributed by atoms with van der Waals surface area (Å²) in [6.45, 7) is 1.53. The monoisotopic (exact) mass is 344 g/mol. The van der Waals surface area contributed by atoms with E-state index in [4.69, 9.17) is 9.73 Å². The topological polar surface area (TPSA) is 33.6 Å². The summed E-state index contributed by atoms with van der Waals surface area (Å²) in [6, 6.07) is 4.86. The molecule has 2 heterocycles. The molecule has 102 valence electrons. The average Bonchev–Trinajstić information content (AvgIpc) is 2.78. The average molecular weight is 345 g/mol. The molecule has 0 bridgehead atoms. The van der Waals surface area contributed by atoms with Gasteiger partial charge in [0, 0.05) is 23.4 Å². The standard InChI is InChI=1S/C13H14BrFN2OS/c14-9-1-2-10(15)11(7-9)16-12-17-13(8-19-12)3-5-18-6-4-13/h1-2,7H,3-6,8H2,(H,16,17). The van der Waals surface area contributed by atoms with Crippen molar-refractivity contribution in [2.45, 2.75) is 18.4 Å². The summed E-state index contributed by atoms with van der Waals surface area (Å²) >= 11 is 5.00. The molecule has 2 aliphatic heterocycles. The minimum absolute atomic E-state index is 0.00621. The van der Waals surface area contributed by atoms with Crippen LogP contribution in [0.25, 0.3) is 0 Å². The first-order valence-electron chi connectivity index (χ1n) is 6.19. The number of rotatable bonds is 1. The van der Waals surface area contributed by atoms with E-state index < -0.39 is 0 Å². The Morgan fingerprint density at radius 3 is 2.95 bits per heavy atom. The van der Waals surface area contributed by atoms with E-state index in [0.717, 1.165) is 41.4 Å². The Bertz CT molecular complexity index is 517. The molecule has 1 aromatic carbocycles. The van der Waals surface area contributed by atoms with Gasteiger partial charge in [0.2, 0.25) is 0 Å². The highest BCUT2D eigenvalue weighted by molar-refractivity contribution is 9.10. The van der Waals surface area contributed by atoms with Gasteiger partial charge in [-0.05, 0) is 31.0 Å². The molecule has 1 N–H and O–H groups in total. The van der Waals surface area contributed by atoms with Crippen LogP contribution in [0.15, 0.2) is 27.7 Å². The molecule has 0 aromatic heterocycles. The molecule has 3 rings (SSSR count). The second kappa shape index (κ2) is 5.42. The third-order valence-corrected chi connectivity index (χ3v) is 5.05. The first kappa shape index (κ1) is 13.4. The van der Waals surface area contributed by atoms with Gasteiger partial charge < -0.3 is 10.1 Å². The van der Waals surface area contributed by atoms with Gasteiger partial charge in [-0.2, -0.15) is 0 Å². The zero-order chi connectivity index (χ0) is 13.3. The number of hydrogen-bond donors (Lipinski definition) is 1. The van der Waals surface area contributed by atoms with Gasteiger partial charge in [0.15, 0.2) is 5.17 Å². The van der Waals surface area contributed by atoms with Crippen LogP contribution in [0.3, 0.4) is 0 Å². The van der Waals surface area contributed by atoms with Crippen molar-refractivity contribution in [3.8, 4) is 0 Å². The first-order chi connectivity index (χ1) is 9.17. The Kier molecular flexibility index (Phi) is 3.82. The van der Waals surface area contributed by atoms with Gasteiger partial charge in [-0.15, -0.1) is 0 Å². The largest absolute Gasteiger partial charge is 0.381 e. The zero-order valence-corrected chi connectivity index (χ0v) is 12.7. The van der Waals surface area contributed by atoms with Crippen LogP contribution in [0.2, 0.25) is 0 Å². The molecule has 6 heteroatoms. The second-order valence-electron chi connectivity index (χ2n) is 4.79. The molecule has 0 aliphatic carbocycles. The van der Waals surface area contributed by atoms with Crippen molar-refractivity contribution in [3.05, 3.63) is 28.5 Å². The molecular weight excluding hydrogens is 331 g/mol. The number of hydrogen-bond acceptors (Lipinski definition) is 4. The lowest BCUT2D eigenvalue weighted by atomic mass is 9.93. The Morgan fingerprint density at radius 1 is 1.37 bits per heavy atom. The van der Waals surface area contributed by atoms with Gasteiger partial charge in [-0.25, -0.2) is 4.39 Å². The van der Waals surface area contributed by atoms with Crippen LogP contribution in [-0.2, 0) is 4.74 Å². The lowest BCUT2D eigenvalue weighted by molar-refractivity contribution is 0.0624. The molecule has 0 unspecified atom stereocenters. The molecule has 0 radical (unpaired) electrons. The number of ether oxygens (including phenoxy) is 1. The van der Waals surface area contributed by atoms with Gasteiger partial charge in [0.1, 0.15) is 5.82 Å². The van der Waals surface area contributed by atoms with Crippen molar-refractivity contribution in [1.29, 1.82) is 0 Å². The van der Waals surface area contributed by atoms with Crippen molar-refractivity contribution in [1.82, 2.24) is 0 Å². The van der Waals surface area contributed by atoms with Crippen molar-refractivity contribution in [2.75, 3.05) is 24.3 Å². The van der Waals surface area contributed by atoms with Crippen molar-refractivity contribution in [2.24, 2.45) is 4.99 Å². The fourth-order valence-corrected chi connectivity index (χ4v) is 3.82. The molecule has 1 saturated heterocycles. The minimum atomic E-state index is -0.264. The van der Waals surface area contributed by atoms with Crippen LogP contribution in [0.5, 0.6) is 0 Å². The minimum Gasteiger partial charge on any atom is -0.381 e. The molecule has 0 saturated carbocycles. The highest BCUT2D eigenvalue weighted by Crippen LogP contribution is 2.36. The highest BCUT2D eigenvalue weighted by atomic mass is 79.9. The number of aliphatic imine (C=N–C) groups is 1. The lowest BCUT2D eigenvalue weighted by Crippen LogP contribution is -2.34. The summed E-state index contributed by atoms with van der Waals surface area (Å²) in [4.78, 5) is 4.75. The van der Waals surface area contributed by atoms with Crippen molar-refractivity contribution in [3.63, 3.8) is 0 Å². The first-order valence-corrected chi connectivity index (χ1v) is 7.97. The van der Waals surface area contributed by atoms with Crippen LogP contribution in [0, 0.1) is 5.82 Å². The summed E-state index contributed by atoms with van der Waals surface area (Å²) in [7, 11) is 0. The van der Waals surface area contributed by atoms with E-state index in [-0.39, 0.29) is 11.4 Å². The van der Waals surface area contributed by atoms with Gasteiger partial charge in [-0.1, -0.05) is 27.7 Å². The smallest absolute Gasteiger partial charge is 0.161 e. The number of amidine groups is 1. The van der Waals surface area contributed by atoms with Crippen LogP contribution in [0.4, 0.5) is 10.1 Å². The van der Waals surface area contributed by atoms with Crippen LogP contribution < -0.4 is 5.32 Å². The van der Waals surface area contributed by atoms with Crippen LogP contribution in [-0.4, -0.2) is 29.7 Å². The third kappa shape index (κ3) is 2.95. The fraction of sp³-hybridized carbons (Fsp3) is 0.462. The van der Waals surface area contributed by atoms with Crippen molar-refractivity contribution < 1.29 is 9.13 Å². The van der Waals surface area contributed by atoms with E-state index >= 15 is 0 Å². The Hall–Kier alpha value is -0.590. The molecule has 1 spiro atoms. The maximum Gasteiger partial charge on any atom is 0.161 e. The fourth-order valence-electron chi connectivity index (χ4n) is 2.26. The molecule has 1 aromatic rings. The Balaban J connectivity index is 1.77. The SMILES string of the molecule is Fc1ccc(Br)cc1NC1=NC2(CCOCC2)CS1. The summed E-state index contributed by atoms with van der Waals surface area (Å²) in [6.07, 6.45) is 1.90. The Morgan fingerprint density at radius 2 is 2.16 bits per heavy atom. The molecule has 3 nitrogen and oxygen atoms in total. The second-order valence-corrected chi connectivity index (χ2v) is 6.67. The van der Waals surface area contributed by atoms with E-state index in [1.165, 1.54) is 6.07 Å². The van der Waals surface area contributed by atoms with E-state index in [1.807, 2.05) is 0 Å². The maximum atomic E-state index is 13.7. The molecule has 2 aliphatic rings. The number of anilines is 1.